The molecule has 0 N–H and O–H groups in total. The predicted molar refractivity (Wildman–Crippen MR) is 91.0 cm³/mol. The molecule has 0 aliphatic rings. The zero-order chi connectivity index (χ0) is 18.9. The van der Waals surface area contributed by atoms with Crippen molar-refractivity contribution in [3.8, 4) is 5.69 Å². The molecular formula is C15H13BrF4N2O2S. The van der Waals surface area contributed by atoms with Crippen LogP contribution in [0.3, 0.4) is 0 Å². The maximum Gasteiger partial charge on any atom is 0.431 e. The summed E-state index contributed by atoms with van der Waals surface area (Å²) < 4.78 is 54.1. The second-order valence-corrected chi connectivity index (χ2v) is 7.12. The summed E-state index contributed by atoms with van der Waals surface area (Å²) in [6, 6.07) is 2.63. The molecule has 1 aromatic carbocycles. The molecule has 0 fully saturated rings. The third-order valence-electron chi connectivity index (χ3n) is 3.31. The Morgan fingerprint density at radius 2 is 1.84 bits per heavy atom. The van der Waals surface area contributed by atoms with E-state index in [1.807, 2.05) is 6.92 Å². The van der Waals surface area contributed by atoms with E-state index in [2.05, 4.69) is 15.9 Å². The lowest BCUT2D eigenvalue weighted by atomic mass is 10.3. The van der Waals surface area contributed by atoms with Crippen molar-refractivity contribution in [2.24, 2.45) is 7.05 Å². The highest BCUT2D eigenvalue weighted by atomic mass is 79.9. The van der Waals surface area contributed by atoms with Gasteiger partial charge in [-0.25, -0.2) is 13.8 Å². The molecule has 10 heteroatoms. The fraction of sp³-hybridized carbons (Fsp3) is 0.333. The molecule has 0 spiro atoms. The minimum absolute atomic E-state index is 0.280. The van der Waals surface area contributed by atoms with Gasteiger partial charge < -0.3 is 0 Å². The molecule has 1 heterocycles. The first-order valence-corrected chi connectivity index (χ1v) is 8.88. The Morgan fingerprint density at radius 1 is 1.20 bits per heavy atom. The van der Waals surface area contributed by atoms with E-state index in [1.165, 1.54) is 17.8 Å². The van der Waals surface area contributed by atoms with Crippen molar-refractivity contribution in [3.63, 3.8) is 0 Å². The van der Waals surface area contributed by atoms with Crippen LogP contribution >= 0.6 is 27.7 Å². The van der Waals surface area contributed by atoms with Gasteiger partial charge in [0.05, 0.1) is 5.69 Å². The van der Waals surface area contributed by atoms with Gasteiger partial charge in [-0.05, 0) is 40.2 Å². The molecule has 0 aliphatic heterocycles. The Bertz CT molecular complexity index is 921. The number of halogens is 5. The number of thioether (sulfide) groups is 1. The number of nitrogens with zero attached hydrogens (tertiary/aromatic N) is 2. The Labute approximate surface area is 152 Å². The van der Waals surface area contributed by atoms with Gasteiger partial charge in [-0.1, -0.05) is 6.92 Å². The quantitative estimate of drug-likeness (QED) is 0.533. The van der Waals surface area contributed by atoms with E-state index >= 15 is 0 Å². The summed E-state index contributed by atoms with van der Waals surface area (Å²) in [7, 11) is 0.880. The van der Waals surface area contributed by atoms with Crippen LogP contribution < -0.4 is 11.2 Å². The number of alkyl halides is 3. The van der Waals surface area contributed by atoms with E-state index in [0.717, 1.165) is 19.5 Å². The second kappa shape index (κ2) is 7.36. The maximum absolute atomic E-state index is 14.3. The smallest absolute Gasteiger partial charge is 0.292 e. The second-order valence-electron chi connectivity index (χ2n) is 5.13. The zero-order valence-corrected chi connectivity index (χ0v) is 15.6. The van der Waals surface area contributed by atoms with Gasteiger partial charge in [0, 0.05) is 22.5 Å². The van der Waals surface area contributed by atoms with Gasteiger partial charge in [0.25, 0.3) is 5.56 Å². The first kappa shape index (κ1) is 19.8. The molecular weight excluding hydrogens is 428 g/mol. The molecule has 0 amide bonds. The largest absolute Gasteiger partial charge is 0.431 e. The van der Waals surface area contributed by atoms with Gasteiger partial charge in [-0.2, -0.15) is 13.2 Å². The maximum atomic E-state index is 14.3. The lowest BCUT2D eigenvalue weighted by Crippen LogP contribution is -2.41. The third kappa shape index (κ3) is 4.00. The molecule has 0 aliphatic carbocycles. The normalized spacial score (nSPS) is 11.8. The van der Waals surface area contributed by atoms with Crippen LogP contribution in [-0.4, -0.2) is 14.9 Å². The van der Waals surface area contributed by atoms with Crippen LogP contribution in [-0.2, 0) is 13.2 Å². The summed E-state index contributed by atoms with van der Waals surface area (Å²) in [5.74, 6) is -0.185. The van der Waals surface area contributed by atoms with Crippen LogP contribution in [0.1, 0.15) is 19.0 Å². The van der Waals surface area contributed by atoms with Crippen molar-refractivity contribution >= 4 is 27.7 Å². The summed E-state index contributed by atoms with van der Waals surface area (Å²) in [6.45, 7) is 1.95. The van der Waals surface area contributed by atoms with Crippen LogP contribution in [0, 0.1) is 5.82 Å². The Balaban J connectivity index is 2.73. The SMILES string of the molecule is CCCSc1cc(-n2c(=O)cc(C(F)(F)F)n(C)c2=O)c(F)cc1Br. The molecule has 0 saturated carbocycles. The van der Waals surface area contributed by atoms with Crippen molar-refractivity contribution in [2.75, 3.05) is 5.75 Å². The van der Waals surface area contributed by atoms with Crippen molar-refractivity contribution in [3.05, 3.63) is 55.0 Å². The number of rotatable bonds is 4. The summed E-state index contributed by atoms with van der Waals surface area (Å²) in [5.41, 5.74) is -4.30. The van der Waals surface area contributed by atoms with E-state index < -0.39 is 28.9 Å². The van der Waals surface area contributed by atoms with Crippen LogP contribution in [0.2, 0.25) is 0 Å². The van der Waals surface area contributed by atoms with Crippen molar-refractivity contribution < 1.29 is 17.6 Å². The van der Waals surface area contributed by atoms with Crippen LogP contribution in [0.15, 0.2) is 37.2 Å². The van der Waals surface area contributed by atoms with Gasteiger partial charge in [0.1, 0.15) is 11.5 Å². The molecule has 136 valence electrons. The Kier molecular flexibility index (Phi) is 5.82. The topological polar surface area (TPSA) is 44.0 Å². The van der Waals surface area contributed by atoms with Gasteiger partial charge in [-0.15, -0.1) is 11.8 Å². The van der Waals surface area contributed by atoms with Gasteiger partial charge in [-0.3, -0.25) is 9.36 Å². The Morgan fingerprint density at radius 3 is 2.40 bits per heavy atom. The molecule has 2 aromatic rings. The van der Waals surface area contributed by atoms with E-state index in [-0.39, 0.29) is 16.3 Å². The average molecular weight is 441 g/mol. The fourth-order valence-corrected chi connectivity index (χ4v) is 3.61. The highest BCUT2D eigenvalue weighted by molar-refractivity contribution is 9.10. The first-order chi connectivity index (χ1) is 11.6. The highest BCUT2D eigenvalue weighted by Gasteiger charge is 2.35. The van der Waals surface area contributed by atoms with Gasteiger partial charge in [0.2, 0.25) is 0 Å². The number of hydrogen-bond acceptors (Lipinski definition) is 3. The number of aromatic nitrogens is 2. The van der Waals surface area contributed by atoms with E-state index in [4.69, 9.17) is 0 Å². The average Bonchev–Trinajstić information content (AvgIpc) is 2.50. The molecule has 1 aromatic heterocycles. The molecule has 2 rings (SSSR count). The van der Waals surface area contributed by atoms with Gasteiger partial charge >= 0.3 is 11.9 Å². The lowest BCUT2D eigenvalue weighted by molar-refractivity contribution is -0.144. The standard InChI is InChI=1S/C15H13BrF4N2O2S/c1-3-4-25-11-6-10(9(17)5-8(11)16)22-13(23)7-12(15(18,19)20)21(2)14(22)24/h5-7H,3-4H2,1-2H3. The summed E-state index contributed by atoms with van der Waals surface area (Å²) in [4.78, 5) is 24.9. The van der Waals surface area contributed by atoms with Crippen LogP contribution in [0.25, 0.3) is 5.69 Å². The van der Waals surface area contributed by atoms with E-state index in [9.17, 15) is 27.2 Å². The number of hydrogen-bond donors (Lipinski definition) is 0. The predicted octanol–water partition coefficient (Wildman–Crippen LogP) is 3.96. The minimum atomic E-state index is -4.87. The molecule has 0 radical (unpaired) electrons. The van der Waals surface area contributed by atoms with Crippen molar-refractivity contribution in [1.29, 1.82) is 0 Å². The van der Waals surface area contributed by atoms with Crippen molar-refractivity contribution in [1.82, 2.24) is 9.13 Å². The molecule has 0 atom stereocenters. The lowest BCUT2D eigenvalue weighted by Gasteiger charge is -2.15. The monoisotopic (exact) mass is 440 g/mol. The summed E-state index contributed by atoms with van der Waals surface area (Å²) in [5, 5.41) is 0. The van der Waals surface area contributed by atoms with Crippen LogP contribution in [0.4, 0.5) is 17.6 Å². The molecule has 25 heavy (non-hydrogen) atoms. The van der Waals surface area contributed by atoms with E-state index in [0.29, 0.717) is 19.7 Å². The molecule has 0 saturated heterocycles. The summed E-state index contributed by atoms with van der Waals surface area (Å²) >= 11 is 4.56. The molecule has 0 bridgehead atoms. The molecule has 0 unspecified atom stereocenters. The zero-order valence-electron chi connectivity index (χ0n) is 13.2. The van der Waals surface area contributed by atoms with Crippen molar-refractivity contribution in [2.45, 2.75) is 24.4 Å². The number of benzene rings is 1. The Hall–Kier alpha value is -1.55. The first-order valence-electron chi connectivity index (χ1n) is 7.10. The fourth-order valence-electron chi connectivity index (χ4n) is 2.13. The van der Waals surface area contributed by atoms with Crippen LogP contribution in [0.5, 0.6) is 0 Å². The molecule has 4 nitrogen and oxygen atoms in total. The summed E-state index contributed by atoms with van der Waals surface area (Å²) in [6.07, 6.45) is -4.03. The van der Waals surface area contributed by atoms with Gasteiger partial charge in [0.15, 0.2) is 0 Å². The van der Waals surface area contributed by atoms with E-state index in [1.54, 1.807) is 0 Å². The highest BCUT2D eigenvalue weighted by Crippen LogP contribution is 2.32. The minimum Gasteiger partial charge on any atom is -0.292 e. The third-order valence-corrected chi connectivity index (χ3v) is 5.49.